The van der Waals surface area contributed by atoms with E-state index < -0.39 is 0 Å². The fourth-order valence-electron chi connectivity index (χ4n) is 3.01. The molecule has 1 aromatic carbocycles. The van der Waals surface area contributed by atoms with Crippen LogP contribution in [-0.4, -0.2) is 25.7 Å². The number of nitrogens with one attached hydrogen (secondary N) is 1. The molecule has 0 bridgehead atoms. The van der Waals surface area contributed by atoms with Gasteiger partial charge in [-0.3, -0.25) is 4.79 Å². The summed E-state index contributed by atoms with van der Waals surface area (Å²) in [4.78, 5) is 15.9. The minimum absolute atomic E-state index is 0.142. The maximum Gasteiger partial charge on any atom is 0.214 e. The second-order valence-corrected chi connectivity index (χ2v) is 6.92. The SMILES string of the molecule is Cc1ccc(O)c(C)c1-n1ncc(C(=O)c2cc3occ(Br)c3[nH]2)c1N. The van der Waals surface area contributed by atoms with Gasteiger partial charge in [-0.05, 0) is 41.4 Å². The molecule has 0 radical (unpaired) electrons. The molecule has 0 amide bonds. The van der Waals surface area contributed by atoms with Crippen LogP contribution in [0.25, 0.3) is 16.8 Å². The molecule has 4 aromatic rings. The van der Waals surface area contributed by atoms with Gasteiger partial charge in [-0.1, -0.05) is 6.07 Å². The number of carbonyl (C=O) groups excluding carboxylic acids is 1. The number of phenols is 1. The average Bonchev–Trinajstić information content (AvgIpc) is 3.28. The summed E-state index contributed by atoms with van der Waals surface area (Å²) >= 11 is 3.36. The van der Waals surface area contributed by atoms with Crippen LogP contribution in [0.4, 0.5) is 5.82 Å². The fraction of sp³-hybridized carbons (Fsp3) is 0.111. The van der Waals surface area contributed by atoms with E-state index in [-0.39, 0.29) is 22.9 Å². The standard InChI is InChI=1S/C18H15BrN4O3/c1-8-3-4-13(24)9(2)16(8)23-18(20)10(6-21-23)17(25)12-5-14-15(22-12)11(19)7-26-14/h3-7,22,24H,20H2,1-2H3. The largest absolute Gasteiger partial charge is 0.508 e. The van der Waals surface area contributed by atoms with Crippen LogP contribution in [0, 0.1) is 13.8 Å². The Labute approximate surface area is 156 Å². The second kappa shape index (κ2) is 5.77. The third-order valence-electron chi connectivity index (χ3n) is 4.42. The van der Waals surface area contributed by atoms with Gasteiger partial charge in [-0.2, -0.15) is 5.10 Å². The topological polar surface area (TPSA) is 110 Å². The first-order valence-electron chi connectivity index (χ1n) is 7.82. The van der Waals surface area contributed by atoms with Crippen molar-refractivity contribution in [3.8, 4) is 11.4 Å². The van der Waals surface area contributed by atoms with Gasteiger partial charge in [0, 0.05) is 11.6 Å². The van der Waals surface area contributed by atoms with Crippen molar-refractivity contribution in [2.24, 2.45) is 0 Å². The van der Waals surface area contributed by atoms with Crippen LogP contribution in [0.3, 0.4) is 0 Å². The predicted octanol–water partition coefficient (Wildman–Crippen LogP) is 3.84. The molecule has 26 heavy (non-hydrogen) atoms. The first-order valence-corrected chi connectivity index (χ1v) is 8.61. The number of benzene rings is 1. The highest BCUT2D eigenvalue weighted by atomic mass is 79.9. The van der Waals surface area contributed by atoms with Crippen molar-refractivity contribution in [2.75, 3.05) is 5.73 Å². The molecule has 0 fully saturated rings. The lowest BCUT2D eigenvalue weighted by atomic mass is 10.1. The van der Waals surface area contributed by atoms with Gasteiger partial charge >= 0.3 is 0 Å². The van der Waals surface area contributed by atoms with Crippen LogP contribution in [0.5, 0.6) is 5.75 Å². The number of aromatic amines is 1. The monoisotopic (exact) mass is 414 g/mol. The lowest BCUT2D eigenvalue weighted by Gasteiger charge is -2.13. The molecular weight excluding hydrogens is 400 g/mol. The number of hydrogen-bond donors (Lipinski definition) is 3. The van der Waals surface area contributed by atoms with E-state index in [9.17, 15) is 9.90 Å². The number of aromatic hydroxyl groups is 1. The van der Waals surface area contributed by atoms with E-state index >= 15 is 0 Å². The van der Waals surface area contributed by atoms with Gasteiger partial charge in [0.15, 0.2) is 5.58 Å². The van der Waals surface area contributed by atoms with E-state index in [0.29, 0.717) is 28.0 Å². The first kappa shape index (κ1) is 16.5. The number of nitrogens with two attached hydrogens (primary N) is 1. The summed E-state index contributed by atoms with van der Waals surface area (Å²) in [6.07, 6.45) is 2.98. The van der Waals surface area contributed by atoms with E-state index in [1.54, 1.807) is 31.4 Å². The molecule has 4 N–H and O–H groups in total. The Balaban J connectivity index is 1.80. The number of rotatable bonds is 3. The summed E-state index contributed by atoms with van der Waals surface area (Å²) in [6.45, 7) is 3.66. The van der Waals surface area contributed by atoms with Crippen molar-refractivity contribution in [2.45, 2.75) is 13.8 Å². The molecule has 132 valence electrons. The van der Waals surface area contributed by atoms with Crippen LogP contribution in [-0.2, 0) is 0 Å². The van der Waals surface area contributed by atoms with Crippen molar-refractivity contribution in [1.82, 2.24) is 14.8 Å². The lowest BCUT2D eigenvalue weighted by molar-refractivity contribution is 0.103. The van der Waals surface area contributed by atoms with Gasteiger partial charge in [0.2, 0.25) is 5.78 Å². The summed E-state index contributed by atoms with van der Waals surface area (Å²) in [7, 11) is 0. The van der Waals surface area contributed by atoms with Crippen molar-refractivity contribution < 1.29 is 14.3 Å². The molecule has 0 atom stereocenters. The summed E-state index contributed by atoms with van der Waals surface area (Å²) in [6, 6.07) is 5.02. The number of anilines is 1. The second-order valence-electron chi connectivity index (χ2n) is 6.07. The summed E-state index contributed by atoms with van der Waals surface area (Å²) in [5.41, 5.74) is 10.3. The molecule has 0 aliphatic carbocycles. The third kappa shape index (κ3) is 2.33. The summed E-state index contributed by atoms with van der Waals surface area (Å²) in [5.74, 6) is 0.0579. The minimum Gasteiger partial charge on any atom is -0.508 e. The molecule has 3 heterocycles. The zero-order valence-electron chi connectivity index (χ0n) is 14.0. The third-order valence-corrected chi connectivity index (χ3v) is 5.00. The molecule has 0 aliphatic rings. The molecule has 4 rings (SSSR count). The molecule has 0 unspecified atom stereocenters. The van der Waals surface area contributed by atoms with Crippen LogP contribution < -0.4 is 5.73 Å². The molecular formula is C18H15BrN4O3. The molecule has 3 aromatic heterocycles. The number of nitrogen functional groups attached to an aromatic ring is 1. The number of carbonyl (C=O) groups is 1. The number of ketones is 1. The highest BCUT2D eigenvalue weighted by Crippen LogP contribution is 2.31. The Bertz CT molecular complexity index is 1170. The maximum atomic E-state index is 12.9. The molecule has 0 saturated heterocycles. The van der Waals surface area contributed by atoms with Gasteiger partial charge in [0.25, 0.3) is 0 Å². The van der Waals surface area contributed by atoms with Crippen LogP contribution in [0.15, 0.2) is 39.5 Å². The van der Waals surface area contributed by atoms with Crippen molar-refractivity contribution in [3.63, 3.8) is 0 Å². The Morgan fingerprint density at radius 2 is 2.15 bits per heavy atom. The number of aryl methyl sites for hydroxylation is 1. The molecule has 7 nitrogen and oxygen atoms in total. The van der Waals surface area contributed by atoms with Crippen LogP contribution in [0.1, 0.15) is 27.2 Å². The highest BCUT2D eigenvalue weighted by Gasteiger charge is 2.22. The lowest BCUT2D eigenvalue weighted by Crippen LogP contribution is -2.09. The van der Waals surface area contributed by atoms with Crippen LogP contribution >= 0.6 is 15.9 Å². The summed E-state index contributed by atoms with van der Waals surface area (Å²) in [5, 5.41) is 14.3. The minimum atomic E-state index is -0.289. The van der Waals surface area contributed by atoms with Crippen molar-refractivity contribution in [3.05, 3.63) is 57.5 Å². The summed E-state index contributed by atoms with van der Waals surface area (Å²) < 4.78 is 7.56. The van der Waals surface area contributed by atoms with Gasteiger partial charge in [0.1, 0.15) is 17.8 Å². The first-order chi connectivity index (χ1) is 12.4. The number of aromatic nitrogens is 3. The smallest absolute Gasteiger partial charge is 0.214 e. The number of hydrogen-bond acceptors (Lipinski definition) is 5. The molecule has 0 spiro atoms. The Morgan fingerprint density at radius 3 is 2.88 bits per heavy atom. The number of nitrogens with zero attached hydrogens (tertiary/aromatic N) is 2. The van der Waals surface area contributed by atoms with Gasteiger partial charge in [0.05, 0.1) is 33.1 Å². The Hall–Kier alpha value is -3.00. The number of phenolic OH excluding ortho intramolecular Hbond substituents is 1. The quantitative estimate of drug-likeness (QED) is 0.441. The normalized spacial score (nSPS) is 11.3. The van der Waals surface area contributed by atoms with E-state index in [1.165, 1.54) is 10.9 Å². The van der Waals surface area contributed by atoms with E-state index in [4.69, 9.17) is 10.2 Å². The number of halogens is 1. The zero-order valence-corrected chi connectivity index (χ0v) is 15.6. The molecule has 8 heteroatoms. The number of H-pyrrole nitrogens is 1. The van der Waals surface area contributed by atoms with Crippen molar-refractivity contribution >= 4 is 38.6 Å². The fourth-order valence-corrected chi connectivity index (χ4v) is 3.40. The van der Waals surface area contributed by atoms with Gasteiger partial charge < -0.3 is 20.2 Å². The van der Waals surface area contributed by atoms with Gasteiger partial charge in [-0.25, -0.2) is 4.68 Å². The Morgan fingerprint density at radius 1 is 1.38 bits per heavy atom. The molecule has 0 aliphatic heterocycles. The predicted molar refractivity (Wildman–Crippen MR) is 101 cm³/mol. The van der Waals surface area contributed by atoms with E-state index in [1.807, 2.05) is 6.92 Å². The number of fused-ring (bicyclic) bond motifs is 1. The van der Waals surface area contributed by atoms with E-state index in [0.717, 1.165) is 10.0 Å². The average molecular weight is 415 g/mol. The van der Waals surface area contributed by atoms with E-state index in [2.05, 4.69) is 26.0 Å². The molecule has 0 saturated carbocycles. The number of furan rings is 1. The maximum absolute atomic E-state index is 12.9. The van der Waals surface area contributed by atoms with Crippen molar-refractivity contribution in [1.29, 1.82) is 0 Å². The Kier molecular flexibility index (Phi) is 3.66. The zero-order chi connectivity index (χ0) is 18.6. The van der Waals surface area contributed by atoms with Gasteiger partial charge in [-0.15, -0.1) is 0 Å². The highest BCUT2D eigenvalue weighted by molar-refractivity contribution is 9.10. The van der Waals surface area contributed by atoms with Crippen LogP contribution in [0.2, 0.25) is 0 Å².